The zero-order chi connectivity index (χ0) is 23.6. The number of rotatable bonds is 9. The topological polar surface area (TPSA) is 92.2 Å². The number of nitrogens with zero attached hydrogens (tertiary/aromatic N) is 4. The van der Waals surface area contributed by atoms with Gasteiger partial charge in [0.1, 0.15) is 5.82 Å². The Morgan fingerprint density at radius 2 is 1.53 bits per heavy atom. The first-order valence-corrected chi connectivity index (χ1v) is 12.6. The fraction of sp³-hybridized carbons (Fsp3) is 0.360. The van der Waals surface area contributed by atoms with E-state index in [1.165, 1.54) is 31.0 Å². The van der Waals surface area contributed by atoms with Crippen LogP contribution < -0.4 is 10.6 Å². The molecule has 178 valence electrons. The van der Waals surface area contributed by atoms with Gasteiger partial charge in [0.2, 0.25) is 5.91 Å². The van der Waals surface area contributed by atoms with Crippen molar-refractivity contribution in [1.29, 1.82) is 0 Å². The Bertz CT molecular complexity index is 1070. The number of hydrogen-bond acceptors (Lipinski definition) is 6. The summed E-state index contributed by atoms with van der Waals surface area (Å²) in [6.07, 6.45) is 3.70. The standard InChI is InChI=1S/C25H30N6O2S/c32-23(27-24(33)26-16-20-10-4-1-5-11-20)19-34-25-29-28-22(18-30-14-8-3-9-15-30)31(25)17-21-12-6-2-7-13-21/h1-2,4-7,10-13H,3,8-9,14-19H2,(H2,26,27,32,33). The van der Waals surface area contributed by atoms with Gasteiger partial charge in [-0.2, -0.15) is 0 Å². The van der Waals surface area contributed by atoms with Crippen LogP contribution in [0, 0.1) is 0 Å². The molecule has 1 aliphatic heterocycles. The molecule has 0 unspecified atom stereocenters. The molecular weight excluding hydrogens is 448 g/mol. The summed E-state index contributed by atoms with van der Waals surface area (Å²) in [6, 6.07) is 19.2. The molecule has 1 aliphatic rings. The molecule has 4 rings (SSSR count). The van der Waals surface area contributed by atoms with Crippen LogP contribution in [-0.2, 0) is 24.4 Å². The molecule has 0 radical (unpaired) electrons. The first kappa shape index (κ1) is 24.0. The molecule has 1 fully saturated rings. The Kier molecular flexibility index (Phi) is 8.70. The van der Waals surface area contributed by atoms with Crippen molar-refractivity contribution in [3.63, 3.8) is 0 Å². The quantitative estimate of drug-likeness (QED) is 0.458. The van der Waals surface area contributed by atoms with E-state index in [1.807, 2.05) is 48.5 Å². The van der Waals surface area contributed by atoms with Crippen LogP contribution in [0.15, 0.2) is 65.8 Å². The lowest BCUT2D eigenvalue weighted by Gasteiger charge is -2.26. The van der Waals surface area contributed by atoms with Crippen molar-refractivity contribution in [1.82, 2.24) is 30.3 Å². The van der Waals surface area contributed by atoms with Crippen LogP contribution in [0.2, 0.25) is 0 Å². The summed E-state index contributed by atoms with van der Waals surface area (Å²) >= 11 is 1.29. The van der Waals surface area contributed by atoms with Gasteiger partial charge in [0.15, 0.2) is 5.16 Å². The summed E-state index contributed by atoms with van der Waals surface area (Å²) in [6.45, 7) is 3.88. The molecular formula is C25H30N6O2S. The second kappa shape index (κ2) is 12.3. The van der Waals surface area contributed by atoms with Gasteiger partial charge in [0.05, 0.1) is 18.8 Å². The number of urea groups is 1. The van der Waals surface area contributed by atoms with E-state index in [0.29, 0.717) is 18.2 Å². The van der Waals surface area contributed by atoms with Crippen molar-refractivity contribution in [2.75, 3.05) is 18.8 Å². The largest absolute Gasteiger partial charge is 0.334 e. The van der Waals surface area contributed by atoms with Crippen molar-refractivity contribution in [3.05, 3.63) is 77.6 Å². The minimum absolute atomic E-state index is 0.0788. The van der Waals surface area contributed by atoms with E-state index >= 15 is 0 Å². The molecule has 2 aromatic carbocycles. The van der Waals surface area contributed by atoms with E-state index in [4.69, 9.17) is 0 Å². The number of carbonyl (C=O) groups is 2. The zero-order valence-corrected chi connectivity index (χ0v) is 20.0. The van der Waals surface area contributed by atoms with Crippen LogP contribution in [0.25, 0.3) is 0 Å². The number of piperidine rings is 1. The van der Waals surface area contributed by atoms with Crippen molar-refractivity contribution in [2.45, 2.75) is 44.1 Å². The van der Waals surface area contributed by atoms with E-state index in [2.05, 4.69) is 42.4 Å². The predicted molar refractivity (Wildman–Crippen MR) is 132 cm³/mol. The second-order valence-corrected chi connectivity index (χ2v) is 9.25. The molecule has 9 heteroatoms. The van der Waals surface area contributed by atoms with Gasteiger partial charge in [-0.05, 0) is 37.1 Å². The summed E-state index contributed by atoms with van der Waals surface area (Å²) in [5.74, 6) is 0.603. The lowest BCUT2D eigenvalue weighted by atomic mass is 10.1. The number of nitrogens with one attached hydrogen (secondary N) is 2. The van der Waals surface area contributed by atoms with Crippen molar-refractivity contribution in [3.8, 4) is 0 Å². The molecule has 0 spiro atoms. The summed E-state index contributed by atoms with van der Waals surface area (Å²) in [5, 5.41) is 14.6. The summed E-state index contributed by atoms with van der Waals surface area (Å²) in [7, 11) is 0. The van der Waals surface area contributed by atoms with Crippen LogP contribution in [-0.4, -0.2) is 50.4 Å². The molecule has 3 amide bonds. The number of carbonyl (C=O) groups excluding carboxylic acids is 2. The van der Waals surface area contributed by atoms with Gasteiger partial charge in [-0.3, -0.25) is 15.0 Å². The Hall–Kier alpha value is -3.17. The Labute approximate surface area is 204 Å². The fourth-order valence-corrected chi connectivity index (χ4v) is 4.66. The van der Waals surface area contributed by atoms with Gasteiger partial charge in [-0.25, -0.2) is 4.79 Å². The molecule has 0 saturated carbocycles. The number of aromatic nitrogens is 3. The first-order valence-electron chi connectivity index (χ1n) is 11.6. The third-order valence-corrected chi connectivity index (χ3v) is 6.64. The average molecular weight is 479 g/mol. The SMILES string of the molecule is O=C(CSc1nnc(CN2CCCCC2)n1Cc1ccccc1)NC(=O)NCc1ccccc1. The highest BCUT2D eigenvalue weighted by molar-refractivity contribution is 7.99. The highest BCUT2D eigenvalue weighted by Gasteiger charge is 2.19. The van der Waals surface area contributed by atoms with Crippen LogP contribution in [0.1, 0.15) is 36.2 Å². The second-order valence-electron chi connectivity index (χ2n) is 8.31. The Balaban J connectivity index is 1.35. The minimum atomic E-state index is -0.508. The van der Waals surface area contributed by atoms with E-state index in [1.54, 1.807) is 0 Å². The van der Waals surface area contributed by atoms with Crippen molar-refractivity contribution in [2.24, 2.45) is 0 Å². The third-order valence-electron chi connectivity index (χ3n) is 5.67. The highest BCUT2D eigenvalue weighted by atomic mass is 32.2. The first-order chi connectivity index (χ1) is 16.7. The minimum Gasteiger partial charge on any atom is -0.334 e. The zero-order valence-electron chi connectivity index (χ0n) is 19.2. The van der Waals surface area contributed by atoms with Gasteiger partial charge < -0.3 is 9.88 Å². The smallest absolute Gasteiger partial charge is 0.321 e. The molecule has 0 bridgehead atoms. The number of hydrogen-bond donors (Lipinski definition) is 2. The molecule has 1 saturated heterocycles. The van der Waals surface area contributed by atoms with Crippen molar-refractivity contribution < 1.29 is 9.59 Å². The van der Waals surface area contributed by atoms with E-state index in [9.17, 15) is 9.59 Å². The lowest BCUT2D eigenvalue weighted by molar-refractivity contribution is -0.117. The van der Waals surface area contributed by atoms with Crippen LogP contribution in [0.5, 0.6) is 0 Å². The number of benzene rings is 2. The maximum absolute atomic E-state index is 12.4. The third kappa shape index (κ3) is 7.16. The molecule has 0 atom stereocenters. The number of likely N-dealkylation sites (tertiary alicyclic amines) is 1. The predicted octanol–water partition coefficient (Wildman–Crippen LogP) is 3.43. The van der Waals surface area contributed by atoms with Crippen molar-refractivity contribution >= 4 is 23.7 Å². The van der Waals surface area contributed by atoms with Gasteiger partial charge >= 0.3 is 6.03 Å². The Morgan fingerprint density at radius 1 is 0.853 bits per heavy atom. The average Bonchev–Trinajstić information content (AvgIpc) is 3.24. The fourth-order valence-electron chi connectivity index (χ4n) is 3.90. The molecule has 0 aliphatic carbocycles. The van der Waals surface area contributed by atoms with Gasteiger partial charge in [0.25, 0.3) is 0 Å². The number of thioether (sulfide) groups is 1. The van der Waals surface area contributed by atoms with E-state index < -0.39 is 6.03 Å². The normalized spacial score (nSPS) is 14.0. The van der Waals surface area contributed by atoms with Crippen LogP contribution in [0.4, 0.5) is 4.79 Å². The molecule has 34 heavy (non-hydrogen) atoms. The van der Waals surface area contributed by atoms with Crippen LogP contribution >= 0.6 is 11.8 Å². The Morgan fingerprint density at radius 3 is 2.24 bits per heavy atom. The summed E-state index contributed by atoms with van der Waals surface area (Å²) in [4.78, 5) is 26.9. The van der Waals surface area contributed by atoms with Gasteiger partial charge in [-0.1, -0.05) is 78.8 Å². The highest BCUT2D eigenvalue weighted by Crippen LogP contribution is 2.21. The molecule has 3 aromatic rings. The monoisotopic (exact) mass is 478 g/mol. The molecule has 8 nitrogen and oxygen atoms in total. The van der Waals surface area contributed by atoms with Gasteiger partial charge in [0, 0.05) is 6.54 Å². The van der Waals surface area contributed by atoms with Crippen LogP contribution in [0.3, 0.4) is 0 Å². The molecule has 2 heterocycles. The maximum Gasteiger partial charge on any atom is 0.321 e. The number of amides is 3. The van der Waals surface area contributed by atoms with Gasteiger partial charge in [-0.15, -0.1) is 10.2 Å². The summed E-state index contributed by atoms with van der Waals surface area (Å²) < 4.78 is 2.08. The maximum atomic E-state index is 12.4. The molecule has 1 aromatic heterocycles. The number of imide groups is 1. The molecule has 2 N–H and O–H groups in total. The summed E-state index contributed by atoms with van der Waals surface area (Å²) in [5.41, 5.74) is 2.11. The van der Waals surface area contributed by atoms with E-state index in [0.717, 1.165) is 36.6 Å². The lowest BCUT2D eigenvalue weighted by Crippen LogP contribution is -2.40. The van der Waals surface area contributed by atoms with E-state index in [-0.39, 0.29) is 11.7 Å².